The molecule has 0 radical (unpaired) electrons. The molecule has 0 saturated heterocycles. The lowest BCUT2D eigenvalue weighted by atomic mass is 9.82. The SMILES string of the molecule is CCOC1CCC(c2cc(F)c(C(F)(F)Oc3cc(F)c(OCC(F)(F)F)c(F)c3)c(F)c2)CC1. The lowest BCUT2D eigenvalue weighted by molar-refractivity contribution is -0.189. The molecular formula is C23H21F9O3. The van der Waals surface area contributed by atoms with E-state index in [9.17, 15) is 39.5 Å². The summed E-state index contributed by atoms with van der Waals surface area (Å²) in [5.74, 6) is -9.77. The molecule has 0 N–H and O–H groups in total. The second-order valence-electron chi connectivity index (χ2n) is 8.03. The minimum Gasteiger partial charge on any atom is -0.478 e. The number of hydrogen-bond acceptors (Lipinski definition) is 3. The Morgan fingerprint density at radius 2 is 1.34 bits per heavy atom. The summed E-state index contributed by atoms with van der Waals surface area (Å²) < 4.78 is 137. The van der Waals surface area contributed by atoms with Crippen molar-refractivity contribution in [1.82, 2.24) is 0 Å². The summed E-state index contributed by atoms with van der Waals surface area (Å²) >= 11 is 0. The quantitative estimate of drug-likeness (QED) is 0.343. The van der Waals surface area contributed by atoms with Crippen LogP contribution in [0.4, 0.5) is 39.5 Å². The van der Waals surface area contributed by atoms with Gasteiger partial charge in [0, 0.05) is 18.7 Å². The van der Waals surface area contributed by atoms with E-state index in [-0.39, 0.29) is 29.7 Å². The Bertz CT molecular complexity index is 985. The summed E-state index contributed by atoms with van der Waals surface area (Å²) in [5, 5.41) is 0. The fraction of sp³-hybridized carbons (Fsp3) is 0.478. The van der Waals surface area contributed by atoms with Gasteiger partial charge >= 0.3 is 12.3 Å². The highest BCUT2D eigenvalue weighted by Crippen LogP contribution is 2.40. The molecule has 35 heavy (non-hydrogen) atoms. The van der Waals surface area contributed by atoms with Gasteiger partial charge in [0.25, 0.3) is 0 Å². The van der Waals surface area contributed by atoms with Crippen molar-refractivity contribution in [1.29, 1.82) is 0 Å². The van der Waals surface area contributed by atoms with Gasteiger partial charge in [-0.1, -0.05) is 0 Å². The van der Waals surface area contributed by atoms with E-state index < -0.39 is 59.2 Å². The van der Waals surface area contributed by atoms with Crippen LogP contribution in [0.2, 0.25) is 0 Å². The number of rotatable bonds is 8. The van der Waals surface area contributed by atoms with Crippen LogP contribution in [-0.4, -0.2) is 25.5 Å². The van der Waals surface area contributed by atoms with Crippen LogP contribution < -0.4 is 9.47 Å². The second-order valence-corrected chi connectivity index (χ2v) is 8.03. The minimum absolute atomic E-state index is 0.0222. The van der Waals surface area contributed by atoms with Gasteiger partial charge < -0.3 is 14.2 Å². The first-order chi connectivity index (χ1) is 16.3. The van der Waals surface area contributed by atoms with E-state index in [1.165, 1.54) is 0 Å². The van der Waals surface area contributed by atoms with Crippen molar-refractivity contribution >= 4 is 0 Å². The molecule has 0 unspecified atom stereocenters. The highest BCUT2D eigenvalue weighted by atomic mass is 19.4. The van der Waals surface area contributed by atoms with Gasteiger partial charge in [0.15, 0.2) is 24.0 Å². The Balaban J connectivity index is 1.78. The normalized spacial score (nSPS) is 19.0. The van der Waals surface area contributed by atoms with Crippen LogP contribution in [0.25, 0.3) is 0 Å². The van der Waals surface area contributed by atoms with Crippen LogP contribution in [0, 0.1) is 23.3 Å². The molecule has 3 rings (SSSR count). The van der Waals surface area contributed by atoms with Gasteiger partial charge in [0.05, 0.1) is 6.10 Å². The molecule has 194 valence electrons. The van der Waals surface area contributed by atoms with Crippen LogP contribution in [0.15, 0.2) is 24.3 Å². The molecule has 0 aliphatic heterocycles. The summed E-state index contributed by atoms with van der Waals surface area (Å²) in [4.78, 5) is 0. The molecule has 2 aromatic carbocycles. The zero-order valence-corrected chi connectivity index (χ0v) is 18.3. The van der Waals surface area contributed by atoms with Crippen molar-refractivity contribution in [2.45, 2.75) is 56.9 Å². The van der Waals surface area contributed by atoms with Crippen LogP contribution in [0.1, 0.15) is 49.7 Å². The van der Waals surface area contributed by atoms with Crippen LogP contribution in [-0.2, 0) is 10.8 Å². The zero-order valence-electron chi connectivity index (χ0n) is 18.3. The first-order valence-electron chi connectivity index (χ1n) is 10.7. The maximum absolute atomic E-state index is 14.6. The largest absolute Gasteiger partial charge is 0.478 e. The molecule has 0 atom stereocenters. The summed E-state index contributed by atoms with van der Waals surface area (Å²) in [5.41, 5.74) is -1.60. The predicted molar refractivity (Wildman–Crippen MR) is 105 cm³/mol. The number of hydrogen-bond donors (Lipinski definition) is 0. The third-order valence-electron chi connectivity index (χ3n) is 5.50. The Morgan fingerprint density at radius 3 is 1.83 bits per heavy atom. The lowest BCUT2D eigenvalue weighted by Crippen LogP contribution is -2.26. The predicted octanol–water partition coefficient (Wildman–Crippen LogP) is 7.38. The number of alkyl halides is 5. The third kappa shape index (κ3) is 6.74. The van der Waals surface area contributed by atoms with Gasteiger partial charge in [-0.25, -0.2) is 17.6 Å². The maximum Gasteiger partial charge on any atom is 0.432 e. The smallest absolute Gasteiger partial charge is 0.432 e. The summed E-state index contributed by atoms with van der Waals surface area (Å²) in [6.45, 7) is 0.337. The first kappa shape index (κ1) is 27.0. The summed E-state index contributed by atoms with van der Waals surface area (Å²) in [6.07, 6.45) is -7.23. The summed E-state index contributed by atoms with van der Waals surface area (Å²) in [6, 6.07) is 1.75. The molecule has 0 amide bonds. The zero-order chi connectivity index (χ0) is 26.0. The van der Waals surface area contributed by atoms with Gasteiger partial charge in [-0.2, -0.15) is 22.0 Å². The van der Waals surface area contributed by atoms with Crippen LogP contribution >= 0.6 is 0 Å². The molecule has 1 fully saturated rings. The molecular weight excluding hydrogens is 495 g/mol. The van der Waals surface area contributed by atoms with Crippen molar-refractivity contribution in [3.05, 3.63) is 58.7 Å². The molecule has 12 heteroatoms. The first-order valence-corrected chi connectivity index (χ1v) is 10.7. The topological polar surface area (TPSA) is 27.7 Å². The van der Waals surface area contributed by atoms with Gasteiger partial charge in [-0.15, -0.1) is 0 Å². The molecule has 3 nitrogen and oxygen atoms in total. The van der Waals surface area contributed by atoms with Crippen LogP contribution in [0.5, 0.6) is 11.5 Å². The molecule has 0 spiro atoms. The van der Waals surface area contributed by atoms with Crippen molar-refractivity contribution in [3.8, 4) is 11.5 Å². The van der Waals surface area contributed by atoms with E-state index in [0.717, 1.165) is 12.1 Å². The molecule has 0 heterocycles. The molecule has 1 aliphatic carbocycles. The minimum atomic E-state index is -4.91. The molecule has 0 aromatic heterocycles. The van der Waals surface area contributed by atoms with Crippen molar-refractivity contribution in [2.75, 3.05) is 13.2 Å². The van der Waals surface area contributed by atoms with E-state index in [0.29, 0.717) is 32.3 Å². The van der Waals surface area contributed by atoms with E-state index >= 15 is 0 Å². The van der Waals surface area contributed by atoms with Crippen LogP contribution in [0.3, 0.4) is 0 Å². The van der Waals surface area contributed by atoms with Crippen molar-refractivity contribution < 1.29 is 53.7 Å². The molecule has 1 saturated carbocycles. The average Bonchev–Trinajstić information content (AvgIpc) is 2.72. The standard InChI is InChI=1S/C23H21F9O3/c1-2-33-14-5-3-12(4-6-14)13-7-16(24)20(17(25)8-13)23(31,32)35-15-9-18(26)21(19(27)10-15)34-11-22(28,29)30/h7-10,12,14H,2-6,11H2,1H3. The molecule has 2 aromatic rings. The highest BCUT2D eigenvalue weighted by Gasteiger charge is 2.42. The Labute approximate surface area is 194 Å². The lowest BCUT2D eigenvalue weighted by Gasteiger charge is -2.29. The molecule has 0 bridgehead atoms. The Kier molecular flexibility index (Phi) is 8.13. The Morgan fingerprint density at radius 1 is 0.800 bits per heavy atom. The fourth-order valence-corrected chi connectivity index (χ4v) is 3.99. The molecule has 1 aliphatic rings. The second kappa shape index (κ2) is 10.5. The third-order valence-corrected chi connectivity index (χ3v) is 5.50. The van der Waals surface area contributed by atoms with E-state index in [4.69, 9.17) is 4.74 Å². The van der Waals surface area contributed by atoms with E-state index in [1.54, 1.807) is 0 Å². The Hall–Kier alpha value is -2.63. The van der Waals surface area contributed by atoms with Gasteiger partial charge in [0.1, 0.15) is 22.9 Å². The number of ether oxygens (including phenoxy) is 3. The van der Waals surface area contributed by atoms with E-state index in [1.807, 2.05) is 6.92 Å². The van der Waals surface area contributed by atoms with Crippen molar-refractivity contribution in [2.24, 2.45) is 0 Å². The van der Waals surface area contributed by atoms with E-state index in [2.05, 4.69) is 9.47 Å². The maximum atomic E-state index is 14.6. The van der Waals surface area contributed by atoms with Gasteiger partial charge in [0.2, 0.25) is 0 Å². The van der Waals surface area contributed by atoms with Gasteiger partial charge in [-0.3, -0.25) is 0 Å². The number of halogens is 9. The monoisotopic (exact) mass is 516 g/mol. The fourth-order valence-electron chi connectivity index (χ4n) is 3.99. The van der Waals surface area contributed by atoms with Gasteiger partial charge in [-0.05, 0) is 56.2 Å². The average molecular weight is 516 g/mol. The van der Waals surface area contributed by atoms with Crippen molar-refractivity contribution in [3.63, 3.8) is 0 Å². The summed E-state index contributed by atoms with van der Waals surface area (Å²) in [7, 11) is 0. The number of benzene rings is 2. The highest BCUT2D eigenvalue weighted by molar-refractivity contribution is 5.37.